The first-order valence-corrected chi connectivity index (χ1v) is 11.8. The third kappa shape index (κ3) is 2.93. The summed E-state index contributed by atoms with van der Waals surface area (Å²) in [6.45, 7) is 0. The minimum absolute atomic E-state index is 1.24. The summed E-state index contributed by atoms with van der Waals surface area (Å²) >= 11 is 0. The van der Waals surface area contributed by atoms with Crippen LogP contribution in [0.4, 0.5) is 0 Å². The highest BCUT2D eigenvalue weighted by molar-refractivity contribution is 6.29. The Balaban J connectivity index is 1.58. The highest BCUT2D eigenvalue weighted by atomic mass is 14.2. The number of fused-ring (bicyclic) bond motifs is 7. The maximum atomic E-state index is 2.38. The van der Waals surface area contributed by atoms with Gasteiger partial charge in [-0.1, -0.05) is 121 Å². The predicted octanol–water partition coefficient (Wildman–Crippen LogP) is 9.63. The molecule has 0 aliphatic rings. The van der Waals surface area contributed by atoms with E-state index in [0.29, 0.717) is 0 Å². The molecule has 0 aliphatic carbocycles. The monoisotopic (exact) mass is 430 g/mol. The van der Waals surface area contributed by atoms with Crippen LogP contribution in [-0.4, -0.2) is 0 Å². The number of rotatable bonds is 2. The summed E-state index contributed by atoms with van der Waals surface area (Å²) in [7, 11) is 0. The summed E-state index contributed by atoms with van der Waals surface area (Å²) in [5.41, 5.74) is 5.01. The summed E-state index contributed by atoms with van der Waals surface area (Å²) in [6, 6.07) is 48.5. The molecule has 7 aromatic carbocycles. The zero-order valence-corrected chi connectivity index (χ0v) is 18.7. The van der Waals surface area contributed by atoms with Gasteiger partial charge in [-0.15, -0.1) is 0 Å². The Hall–Kier alpha value is -4.42. The summed E-state index contributed by atoms with van der Waals surface area (Å²) < 4.78 is 0. The summed E-state index contributed by atoms with van der Waals surface area (Å²) in [4.78, 5) is 0. The predicted molar refractivity (Wildman–Crippen MR) is 147 cm³/mol. The Morgan fingerprint density at radius 2 is 0.882 bits per heavy atom. The lowest BCUT2D eigenvalue weighted by Crippen LogP contribution is -1.88. The van der Waals surface area contributed by atoms with Crippen molar-refractivity contribution in [2.45, 2.75) is 0 Å². The smallest absolute Gasteiger partial charge is 0.00201 e. The zero-order valence-electron chi connectivity index (χ0n) is 18.7. The molecule has 0 atom stereocenters. The molecule has 0 bridgehead atoms. The third-order valence-electron chi connectivity index (χ3n) is 7.01. The molecular weight excluding hydrogens is 408 g/mol. The molecule has 0 unspecified atom stereocenters. The lowest BCUT2D eigenvalue weighted by molar-refractivity contribution is 1.61. The second-order valence-electron chi connectivity index (χ2n) is 8.97. The molecule has 0 aromatic heterocycles. The van der Waals surface area contributed by atoms with Crippen LogP contribution in [0.2, 0.25) is 0 Å². The van der Waals surface area contributed by atoms with Gasteiger partial charge in [0.25, 0.3) is 0 Å². The van der Waals surface area contributed by atoms with Crippen LogP contribution in [0.3, 0.4) is 0 Å². The average molecular weight is 431 g/mol. The van der Waals surface area contributed by atoms with Crippen molar-refractivity contribution in [2.75, 3.05) is 0 Å². The van der Waals surface area contributed by atoms with E-state index in [-0.39, 0.29) is 0 Å². The van der Waals surface area contributed by atoms with Gasteiger partial charge in [-0.05, 0) is 77.5 Å². The molecular formula is C34H22. The van der Waals surface area contributed by atoms with E-state index >= 15 is 0 Å². The Labute approximate surface area is 198 Å². The van der Waals surface area contributed by atoms with Gasteiger partial charge < -0.3 is 0 Å². The molecule has 0 nitrogen and oxygen atoms in total. The quantitative estimate of drug-likeness (QED) is 0.239. The molecule has 0 aliphatic heterocycles. The molecule has 0 amide bonds. The van der Waals surface area contributed by atoms with Crippen molar-refractivity contribution < 1.29 is 0 Å². The van der Waals surface area contributed by atoms with Gasteiger partial charge in [0.05, 0.1) is 0 Å². The van der Waals surface area contributed by atoms with E-state index in [1.54, 1.807) is 0 Å². The number of hydrogen-bond acceptors (Lipinski definition) is 0. The summed E-state index contributed by atoms with van der Waals surface area (Å²) in [5, 5.41) is 10.4. The first-order valence-electron chi connectivity index (χ1n) is 11.8. The van der Waals surface area contributed by atoms with Gasteiger partial charge in [-0.3, -0.25) is 0 Å². The fraction of sp³-hybridized carbons (Fsp3) is 0. The number of hydrogen-bond donors (Lipinski definition) is 0. The normalized spacial score (nSPS) is 11.5. The van der Waals surface area contributed by atoms with E-state index in [1.807, 2.05) is 0 Å². The van der Waals surface area contributed by atoms with Crippen molar-refractivity contribution in [3.8, 4) is 22.3 Å². The van der Waals surface area contributed by atoms with Gasteiger partial charge in [0.15, 0.2) is 0 Å². The summed E-state index contributed by atoms with van der Waals surface area (Å²) in [5.74, 6) is 0. The lowest BCUT2D eigenvalue weighted by atomic mass is 9.88. The van der Waals surface area contributed by atoms with Crippen molar-refractivity contribution in [1.82, 2.24) is 0 Å². The van der Waals surface area contributed by atoms with E-state index in [0.717, 1.165) is 0 Å². The van der Waals surface area contributed by atoms with E-state index in [1.165, 1.54) is 65.3 Å². The molecule has 0 radical (unpaired) electrons. The van der Waals surface area contributed by atoms with Crippen LogP contribution >= 0.6 is 0 Å². The van der Waals surface area contributed by atoms with Gasteiger partial charge in [0.2, 0.25) is 0 Å². The van der Waals surface area contributed by atoms with Gasteiger partial charge in [0.1, 0.15) is 0 Å². The van der Waals surface area contributed by atoms with Crippen LogP contribution in [0.1, 0.15) is 0 Å². The second kappa shape index (κ2) is 7.57. The Morgan fingerprint density at radius 1 is 0.294 bits per heavy atom. The third-order valence-corrected chi connectivity index (χ3v) is 7.01. The SMILES string of the molecule is c1ccc(-c2cccc(-c3cc4ccc5ccc6ccccc6c5c4c4ccccc34)c2)cc1. The molecule has 0 N–H and O–H groups in total. The van der Waals surface area contributed by atoms with Gasteiger partial charge in [-0.25, -0.2) is 0 Å². The molecule has 158 valence electrons. The molecule has 0 saturated carbocycles. The van der Waals surface area contributed by atoms with E-state index in [4.69, 9.17) is 0 Å². The van der Waals surface area contributed by atoms with Crippen LogP contribution in [0.25, 0.3) is 65.3 Å². The van der Waals surface area contributed by atoms with E-state index in [2.05, 4.69) is 133 Å². The van der Waals surface area contributed by atoms with Crippen molar-refractivity contribution >= 4 is 43.1 Å². The minimum Gasteiger partial charge on any atom is -0.0622 e. The minimum atomic E-state index is 1.24. The highest BCUT2D eigenvalue weighted by Gasteiger charge is 2.13. The maximum absolute atomic E-state index is 2.38. The Morgan fingerprint density at radius 3 is 1.74 bits per heavy atom. The lowest BCUT2D eigenvalue weighted by Gasteiger charge is -2.15. The second-order valence-corrected chi connectivity index (χ2v) is 8.97. The molecule has 0 heteroatoms. The maximum Gasteiger partial charge on any atom is -0.00201 e. The van der Waals surface area contributed by atoms with Crippen LogP contribution in [0.15, 0.2) is 133 Å². The van der Waals surface area contributed by atoms with E-state index in [9.17, 15) is 0 Å². The van der Waals surface area contributed by atoms with Crippen LogP contribution in [0, 0.1) is 0 Å². The standard InChI is InChI=1S/C34H22/c1-2-9-23(10-3-1)26-12-8-13-27(21-26)32-22-28-20-19-25-18-17-24-11-4-5-14-29(24)33(25)34(28)31-16-7-6-15-30(31)32/h1-22H. The molecule has 34 heavy (non-hydrogen) atoms. The average Bonchev–Trinajstić information content (AvgIpc) is 2.92. The molecule has 0 fully saturated rings. The van der Waals surface area contributed by atoms with Gasteiger partial charge in [0, 0.05) is 0 Å². The fourth-order valence-corrected chi connectivity index (χ4v) is 5.43. The molecule has 7 aromatic rings. The van der Waals surface area contributed by atoms with Crippen molar-refractivity contribution in [2.24, 2.45) is 0 Å². The topological polar surface area (TPSA) is 0 Å². The van der Waals surface area contributed by atoms with Gasteiger partial charge >= 0.3 is 0 Å². The van der Waals surface area contributed by atoms with Gasteiger partial charge in [-0.2, -0.15) is 0 Å². The van der Waals surface area contributed by atoms with Crippen LogP contribution < -0.4 is 0 Å². The molecule has 0 heterocycles. The fourth-order valence-electron chi connectivity index (χ4n) is 5.43. The largest absolute Gasteiger partial charge is 0.0622 e. The number of benzene rings is 7. The Bertz CT molecular complexity index is 1840. The van der Waals surface area contributed by atoms with E-state index < -0.39 is 0 Å². The highest BCUT2D eigenvalue weighted by Crippen LogP contribution is 2.41. The van der Waals surface area contributed by atoms with Crippen molar-refractivity contribution in [1.29, 1.82) is 0 Å². The molecule has 0 saturated heterocycles. The first-order chi connectivity index (χ1) is 16.9. The van der Waals surface area contributed by atoms with Crippen molar-refractivity contribution in [3.63, 3.8) is 0 Å². The molecule has 7 rings (SSSR count). The zero-order chi connectivity index (χ0) is 22.5. The molecule has 0 spiro atoms. The van der Waals surface area contributed by atoms with Crippen LogP contribution in [-0.2, 0) is 0 Å². The Kier molecular flexibility index (Phi) is 4.25. The summed E-state index contributed by atoms with van der Waals surface area (Å²) in [6.07, 6.45) is 0. The van der Waals surface area contributed by atoms with Crippen molar-refractivity contribution in [3.05, 3.63) is 133 Å². The van der Waals surface area contributed by atoms with Crippen LogP contribution in [0.5, 0.6) is 0 Å². The first kappa shape index (κ1) is 19.1.